The minimum absolute atomic E-state index is 0.291. The van der Waals surface area contributed by atoms with Crippen LogP contribution >= 0.6 is 0 Å². The molecule has 0 amide bonds. The zero-order valence-corrected chi connectivity index (χ0v) is 14.5. The maximum atomic E-state index is 13.0. The maximum Gasteiger partial charge on any atom is 0.416 e. The molecule has 1 aliphatic rings. The van der Waals surface area contributed by atoms with E-state index in [2.05, 4.69) is 4.90 Å². The molecule has 1 aromatic heterocycles. The number of likely N-dealkylation sites (tertiary alicyclic amines) is 1. The molecule has 25 heavy (non-hydrogen) atoms. The predicted molar refractivity (Wildman–Crippen MR) is 90.8 cm³/mol. The van der Waals surface area contributed by atoms with Crippen molar-refractivity contribution in [1.82, 2.24) is 9.47 Å². The molecule has 0 unspecified atom stereocenters. The van der Waals surface area contributed by atoms with E-state index in [0.29, 0.717) is 18.8 Å². The number of β-amino-alcohol motifs (C(OH)–C–C–N with tert-alkyl or cyclic N) is 1. The van der Waals surface area contributed by atoms with E-state index in [-0.39, 0.29) is 6.10 Å². The molecular formula is C19H23F3N2O. The van der Waals surface area contributed by atoms with Crippen molar-refractivity contribution in [3.63, 3.8) is 0 Å². The molecule has 0 aliphatic carbocycles. The number of nitrogens with zero attached hydrogens (tertiary/aromatic N) is 2. The van der Waals surface area contributed by atoms with E-state index in [4.69, 9.17) is 0 Å². The Morgan fingerprint density at radius 1 is 1.20 bits per heavy atom. The Morgan fingerprint density at radius 3 is 2.64 bits per heavy atom. The van der Waals surface area contributed by atoms with Gasteiger partial charge in [-0.1, -0.05) is 6.07 Å². The minimum atomic E-state index is -4.35. The van der Waals surface area contributed by atoms with E-state index < -0.39 is 11.7 Å². The topological polar surface area (TPSA) is 28.4 Å². The molecular weight excluding hydrogens is 329 g/mol. The van der Waals surface area contributed by atoms with Gasteiger partial charge in [-0.05, 0) is 63.1 Å². The van der Waals surface area contributed by atoms with Gasteiger partial charge in [0, 0.05) is 30.2 Å². The molecule has 1 saturated heterocycles. The second-order valence-electron chi connectivity index (χ2n) is 6.81. The van der Waals surface area contributed by atoms with Gasteiger partial charge in [-0.3, -0.25) is 4.90 Å². The molecule has 0 spiro atoms. The molecule has 0 radical (unpaired) electrons. The molecule has 1 N–H and O–H groups in total. The van der Waals surface area contributed by atoms with Crippen molar-refractivity contribution in [1.29, 1.82) is 0 Å². The molecule has 1 aromatic carbocycles. The van der Waals surface area contributed by atoms with Crippen LogP contribution in [-0.4, -0.2) is 33.8 Å². The molecule has 1 atom stereocenters. The van der Waals surface area contributed by atoms with E-state index >= 15 is 0 Å². The van der Waals surface area contributed by atoms with Crippen LogP contribution in [0, 0.1) is 13.8 Å². The van der Waals surface area contributed by atoms with Crippen molar-refractivity contribution in [3.05, 3.63) is 52.8 Å². The third-order valence-corrected chi connectivity index (χ3v) is 4.84. The maximum absolute atomic E-state index is 13.0. The van der Waals surface area contributed by atoms with Crippen LogP contribution in [0.25, 0.3) is 5.69 Å². The third-order valence-electron chi connectivity index (χ3n) is 4.84. The molecule has 3 rings (SSSR count). The van der Waals surface area contributed by atoms with Gasteiger partial charge in [0.05, 0.1) is 11.7 Å². The van der Waals surface area contributed by atoms with Gasteiger partial charge in [-0.15, -0.1) is 0 Å². The number of rotatable bonds is 3. The number of piperidine rings is 1. The summed E-state index contributed by atoms with van der Waals surface area (Å²) < 4.78 is 40.9. The SMILES string of the molecule is Cc1cc(CN2CCC[C@@H](O)C2)c(C)n1-c1cccc(C(F)(F)F)c1. The summed E-state index contributed by atoms with van der Waals surface area (Å²) in [6, 6.07) is 7.44. The third kappa shape index (κ3) is 3.90. The summed E-state index contributed by atoms with van der Waals surface area (Å²) in [6.45, 7) is 6.12. The first kappa shape index (κ1) is 18.0. The van der Waals surface area contributed by atoms with Crippen molar-refractivity contribution in [2.24, 2.45) is 0 Å². The van der Waals surface area contributed by atoms with Gasteiger partial charge >= 0.3 is 6.18 Å². The van der Waals surface area contributed by atoms with Crippen LogP contribution in [0.2, 0.25) is 0 Å². The number of aliphatic hydroxyl groups excluding tert-OH is 1. The van der Waals surface area contributed by atoms with Gasteiger partial charge in [-0.2, -0.15) is 13.2 Å². The number of hydrogen-bond donors (Lipinski definition) is 1. The molecule has 0 saturated carbocycles. The lowest BCUT2D eigenvalue weighted by Crippen LogP contribution is -2.37. The first-order chi connectivity index (χ1) is 11.8. The Balaban J connectivity index is 1.90. The first-order valence-electron chi connectivity index (χ1n) is 8.51. The van der Waals surface area contributed by atoms with Crippen LogP contribution in [-0.2, 0) is 12.7 Å². The minimum Gasteiger partial charge on any atom is -0.392 e. The van der Waals surface area contributed by atoms with Crippen molar-refractivity contribution in [2.75, 3.05) is 13.1 Å². The van der Waals surface area contributed by atoms with E-state index in [1.54, 1.807) is 6.07 Å². The lowest BCUT2D eigenvalue weighted by atomic mass is 10.1. The van der Waals surface area contributed by atoms with Gasteiger partial charge in [0.2, 0.25) is 0 Å². The normalized spacial score (nSPS) is 19.4. The van der Waals surface area contributed by atoms with Crippen LogP contribution in [0.15, 0.2) is 30.3 Å². The average molecular weight is 352 g/mol. The van der Waals surface area contributed by atoms with Gasteiger partial charge in [0.1, 0.15) is 0 Å². The number of benzene rings is 1. The highest BCUT2D eigenvalue weighted by molar-refractivity contribution is 5.43. The largest absolute Gasteiger partial charge is 0.416 e. The molecule has 1 fully saturated rings. The number of aliphatic hydroxyl groups is 1. The van der Waals surface area contributed by atoms with E-state index in [0.717, 1.165) is 42.4 Å². The van der Waals surface area contributed by atoms with Crippen molar-refractivity contribution in [3.8, 4) is 5.69 Å². The Labute approximate surface area is 145 Å². The number of aromatic nitrogens is 1. The van der Waals surface area contributed by atoms with Crippen molar-refractivity contribution >= 4 is 0 Å². The molecule has 1 aliphatic heterocycles. The zero-order valence-electron chi connectivity index (χ0n) is 14.5. The lowest BCUT2D eigenvalue weighted by Gasteiger charge is -2.29. The summed E-state index contributed by atoms with van der Waals surface area (Å²) >= 11 is 0. The van der Waals surface area contributed by atoms with Gasteiger partial charge in [0.15, 0.2) is 0 Å². The zero-order chi connectivity index (χ0) is 18.2. The van der Waals surface area contributed by atoms with Crippen molar-refractivity contribution < 1.29 is 18.3 Å². The van der Waals surface area contributed by atoms with Crippen LogP contribution in [0.3, 0.4) is 0 Å². The Kier molecular flexibility index (Phi) is 4.93. The molecule has 0 bridgehead atoms. The summed E-state index contributed by atoms with van der Waals surface area (Å²) in [7, 11) is 0. The summed E-state index contributed by atoms with van der Waals surface area (Å²) in [4.78, 5) is 2.20. The van der Waals surface area contributed by atoms with Crippen LogP contribution in [0.5, 0.6) is 0 Å². The second-order valence-corrected chi connectivity index (χ2v) is 6.81. The predicted octanol–water partition coefficient (Wildman–Crippen LogP) is 4.07. The quantitative estimate of drug-likeness (QED) is 0.902. The average Bonchev–Trinajstić information content (AvgIpc) is 2.81. The fraction of sp³-hybridized carbons (Fsp3) is 0.474. The highest BCUT2D eigenvalue weighted by atomic mass is 19.4. The fourth-order valence-electron chi connectivity index (χ4n) is 3.62. The molecule has 3 nitrogen and oxygen atoms in total. The van der Waals surface area contributed by atoms with E-state index in [1.807, 2.05) is 24.5 Å². The summed E-state index contributed by atoms with van der Waals surface area (Å²) in [6.07, 6.45) is -2.84. The number of hydrogen-bond acceptors (Lipinski definition) is 2. The molecule has 2 heterocycles. The smallest absolute Gasteiger partial charge is 0.392 e. The van der Waals surface area contributed by atoms with Crippen LogP contribution in [0.1, 0.15) is 35.4 Å². The van der Waals surface area contributed by atoms with Gasteiger partial charge < -0.3 is 9.67 Å². The molecule has 136 valence electrons. The second kappa shape index (κ2) is 6.84. The summed E-state index contributed by atoms with van der Waals surface area (Å²) in [5, 5.41) is 9.82. The van der Waals surface area contributed by atoms with E-state index in [9.17, 15) is 18.3 Å². The van der Waals surface area contributed by atoms with Gasteiger partial charge in [0.25, 0.3) is 0 Å². The Hall–Kier alpha value is -1.79. The Bertz CT molecular complexity index is 752. The van der Waals surface area contributed by atoms with Crippen LogP contribution < -0.4 is 0 Å². The lowest BCUT2D eigenvalue weighted by molar-refractivity contribution is -0.137. The Morgan fingerprint density at radius 2 is 1.96 bits per heavy atom. The molecule has 6 heteroatoms. The highest BCUT2D eigenvalue weighted by Gasteiger charge is 2.30. The monoisotopic (exact) mass is 352 g/mol. The van der Waals surface area contributed by atoms with Crippen molar-refractivity contribution in [2.45, 2.75) is 45.5 Å². The fourth-order valence-corrected chi connectivity index (χ4v) is 3.62. The van der Waals surface area contributed by atoms with Gasteiger partial charge in [-0.25, -0.2) is 0 Å². The van der Waals surface area contributed by atoms with Crippen LogP contribution in [0.4, 0.5) is 13.2 Å². The van der Waals surface area contributed by atoms with E-state index in [1.165, 1.54) is 12.1 Å². The number of alkyl halides is 3. The number of halogens is 3. The highest BCUT2D eigenvalue weighted by Crippen LogP contribution is 2.31. The number of aryl methyl sites for hydroxylation is 1. The summed E-state index contributed by atoms with van der Waals surface area (Å²) in [5.74, 6) is 0. The first-order valence-corrected chi connectivity index (χ1v) is 8.51. The summed E-state index contributed by atoms with van der Waals surface area (Å²) in [5.41, 5.74) is 2.82. The molecule has 2 aromatic rings. The standard InChI is InChI=1S/C19H23F3N2O/c1-13-9-15(11-23-8-4-7-18(25)12-23)14(2)24(13)17-6-3-5-16(10-17)19(20,21)22/h3,5-6,9-10,18,25H,4,7-8,11-12H2,1-2H3/t18-/m1/s1.